The summed E-state index contributed by atoms with van der Waals surface area (Å²) >= 11 is 2.42. The van der Waals surface area contributed by atoms with Crippen LogP contribution in [0.2, 0.25) is 0 Å². The smallest absolute Gasteiger partial charge is 0.178 e. The van der Waals surface area contributed by atoms with Crippen molar-refractivity contribution in [2.45, 2.75) is 10.1 Å². The summed E-state index contributed by atoms with van der Waals surface area (Å²) < 4.78 is 0.620. The lowest BCUT2D eigenvalue weighted by atomic mass is 10.0. The van der Waals surface area contributed by atoms with Crippen molar-refractivity contribution >= 4 is 29.1 Å². The molecule has 24 heavy (non-hydrogen) atoms. The summed E-state index contributed by atoms with van der Waals surface area (Å²) in [6.45, 7) is 0. The molecule has 1 aliphatic rings. The Kier molecular flexibility index (Phi) is 4.18. The van der Waals surface area contributed by atoms with Gasteiger partial charge < -0.3 is 0 Å². The molecule has 0 spiro atoms. The predicted molar refractivity (Wildman–Crippen MR) is 86.9 cm³/mol. The lowest BCUT2D eigenvalue weighted by Gasteiger charge is -2.04. The Labute approximate surface area is 145 Å². The molecule has 0 aliphatic carbocycles. The first-order chi connectivity index (χ1) is 11.7. The molecule has 0 unspecified atom stereocenters. The maximum atomic E-state index is 9.55. The molecule has 8 heteroatoms. The van der Waals surface area contributed by atoms with Crippen LogP contribution >= 0.6 is 23.5 Å². The Balaban J connectivity index is 2.13. The fraction of sp³-hybridized carbons (Fsp3) is 0. The van der Waals surface area contributed by atoms with Gasteiger partial charge in [-0.2, -0.15) is 21.0 Å². The molecule has 0 amide bonds. The first-order valence-corrected chi connectivity index (χ1v) is 8.07. The molecule has 1 aromatic carbocycles. The molecule has 0 atom stereocenters. The highest BCUT2D eigenvalue weighted by molar-refractivity contribution is 8.24. The summed E-state index contributed by atoms with van der Waals surface area (Å²) in [6, 6.07) is 14.7. The van der Waals surface area contributed by atoms with Gasteiger partial charge in [-0.1, -0.05) is 41.7 Å². The molecule has 0 saturated carbocycles. The third-order valence-electron chi connectivity index (χ3n) is 3.06. The van der Waals surface area contributed by atoms with E-state index in [9.17, 15) is 10.5 Å². The van der Waals surface area contributed by atoms with Crippen molar-refractivity contribution in [1.29, 1.82) is 21.0 Å². The van der Waals surface area contributed by atoms with Crippen LogP contribution in [0.3, 0.4) is 0 Å². The van der Waals surface area contributed by atoms with Crippen molar-refractivity contribution < 1.29 is 0 Å². The van der Waals surface area contributed by atoms with E-state index in [4.69, 9.17) is 10.5 Å². The maximum absolute atomic E-state index is 9.55. The van der Waals surface area contributed by atoms with E-state index in [1.165, 1.54) is 23.5 Å². The topological polar surface area (TPSA) is 121 Å². The number of nitriles is 4. The molecule has 1 aromatic heterocycles. The van der Waals surface area contributed by atoms with E-state index in [2.05, 4.69) is 22.1 Å². The zero-order valence-corrected chi connectivity index (χ0v) is 13.4. The van der Waals surface area contributed by atoms with E-state index in [0.29, 0.717) is 31.0 Å². The van der Waals surface area contributed by atoms with Gasteiger partial charge in [0.15, 0.2) is 11.4 Å². The number of hydrogen-bond acceptors (Lipinski definition) is 8. The Morgan fingerprint density at radius 3 is 1.92 bits per heavy atom. The molecule has 0 radical (unpaired) electrons. The van der Waals surface area contributed by atoms with Crippen molar-refractivity contribution in [2.75, 3.05) is 0 Å². The molecule has 6 nitrogen and oxygen atoms in total. The standard InChI is InChI=1S/C16H4N6S2/c17-5-9-3-1-2-4-10(9)11(6-18)16-23-14-15(24-16)22-13(8-20)12(7-19)21-14/h1-4H. The minimum Gasteiger partial charge on any atom is -0.224 e. The number of thioether (sulfide) groups is 2. The van der Waals surface area contributed by atoms with Gasteiger partial charge in [0.1, 0.15) is 28.3 Å². The summed E-state index contributed by atoms with van der Waals surface area (Å²) in [5, 5.41) is 37.8. The number of rotatable bonds is 1. The van der Waals surface area contributed by atoms with E-state index in [1.54, 1.807) is 24.3 Å². The van der Waals surface area contributed by atoms with Crippen LogP contribution in [0.4, 0.5) is 0 Å². The Bertz CT molecular complexity index is 1010. The molecule has 0 saturated heterocycles. The van der Waals surface area contributed by atoms with E-state index >= 15 is 0 Å². The molecule has 0 bridgehead atoms. The highest BCUT2D eigenvalue weighted by Crippen LogP contribution is 2.52. The zero-order valence-electron chi connectivity index (χ0n) is 11.8. The Morgan fingerprint density at radius 1 is 0.833 bits per heavy atom. The number of hydrogen-bond donors (Lipinski definition) is 0. The quantitative estimate of drug-likeness (QED) is 0.723. The van der Waals surface area contributed by atoms with E-state index in [0.717, 1.165) is 0 Å². The van der Waals surface area contributed by atoms with Gasteiger partial charge in [0, 0.05) is 5.56 Å². The van der Waals surface area contributed by atoms with Gasteiger partial charge in [-0.3, -0.25) is 0 Å². The van der Waals surface area contributed by atoms with E-state index < -0.39 is 0 Å². The Hall–Kier alpha value is -3.30. The van der Waals surface area contributed by atoms with Crippen LogP contribution in [-0.2, 0) is 0 Å². The number of allylic oxidation sites excluding steroid dienone is 1. The molecular weight excluding hydrogens is 340 g/mol. The van der Waals surface area contributed by atoms with Crippen LogP contribution < -0.4 is 0 Å². The zero-order chi connectivity index (χ0) is 17.1. The van der Waals surface area contributed by atoms with Crippen LogP contribution in [0, 0.1) is 45.3 Å². The van der Waals surface area contributed by atoms with E-state index in [-0.39, 0.29) is 11.4 Å². The SMILES string of the molecule is N#CC(=C1Sc2nc(C#N)c(C#N)nc2S1)c1ccccc1C#N. The summed E-state index contributed by atoms with van der Waals surface area (Å²) in [5.74, 6) is 0. The first-order valence-electron chi connectivity index (χ1n) is 6.43. The monoisotopic (exact) mass is 344 g/mol. The maximum Gasteiger partial charge on any atom is 0.178 e. The number of benzene rings is 1. The van der Waals surface area contributed by atoms with Crippen molar-refractivity contribution in [2.24, 2.45) is 0 Å². The number of aromatic nitrogens is 2. The highest BCUT2D eigenvalue weighted by Gasteiger charge is 2.27. The molecule has 110 valence electrons. The predicted octanol–water partition coefficient (Wildman–Crippen LogP) is 3.18. The highest BCUT2D eigenvalue weighted by atomic mass is 32.2. The fourth-order valence-electron chi connectivity index (χ4n) is 2.01. The van der Waals surface area contributed by atoms with Gasteiger partial charge in [-0.25, -0.2) is 9.97 Å². The number of fused-ring (bicyclic) bond motifs is 1. The van der Waals surface area contributed by atoms with Crippen LogP contribution in [0.1, 0.15) is 22.5 Å². The van der Waals surface area contributed by atoms with Crippen molar-refractivity contribution in [3.8, 4) is 24.3 Å². The van der Waals surface area contributed by atoms with Crippen LogP contribution in [-0.4, -0.2) is 9.97 Å². The first kappa shape index (κ1) is 15.6. The molecular formula is C16H4N6S2. The summed E-state index contributed by atoms with van der Waals surface area (Å²) in [6.07, 6.45) is 0. The molecule has 1 aliphatic heterocycles. The average Bonchev–Trinajstić information content (AvgIpc) is 3.03. The van der Waals surface area contributed by atoms with Crippen LogP contribution in [0.25, 0.3) is 5.57 Å². The molecule has 3 rings (SSSR count). The van der Waals surface area contributed by atoms with Gasteiger partial charge >= 0.3 is 0 Å². The third-order valence-corrected chi connectivity index (χ3v) is 5.42. The molecule has 0 N–H and O–H groups in total. The normalized spacial score (nSPS) is 11.6. The lowest BCUT2D eigenvalue weighted by Crippen LogP contribution is -1.96. The second-order valence-electron chi connectivity index (χ2n) is 4.39. The minimum absolute atomic E-state index is 0.0402. The Morgan fingerprint density at radius 2 is 1.42 bits per heavy atom. The minimum atomic E-state index is -0.0402. The largest absolute Gasteiger partial charge is 0.224 e. The van der Waals surface area contributed by atoms with Gasteiger partial charge in [0.05, 0.1) is 21.4 Å². The van der Waals surface area contributed by atoms with Crippen molar-refractivity contribution in [3.63, 3.8) is 0 Å². The van der Waals surface area contributed by atoms with Gasteiger partial charge in [0.2, 0.25) is 0 Å². The van der Waals surface area contributed by atoms with Gasteiger partial charge in [-0.15, -0.1) is 0 Å². The van der Waals surface area contributed by atoms with E-state index in [1.807, 2.05) is 12.1 Å². The van der Waals surface area contributed by atoms with Crippen molar-refractivity contribution in [1.82, 2.24) is 9.97 Å². The van der Waals surface area contributed by atoms with Crippen LogP contribution in [0.5, 0.6) is 0 Å². The summed E-state index contributed by atoms with van der Waals surface area (Å²) in [5.41, 5.74) is 1.20. The number of nitrogens with zero attached hydrogens (tertiary/aromatic N) is 6. The molecule has 2 aromatic rings. The second-order valence-corrected chi connectivity index (χ2v) is 6.65. The molecule has 2 heterocycles. The lowest BCUT2D eigenvalue weighted by molar-refractivity contribution is 0.902. The van der Waals surface area contributed by atoms with Crippen LogP contribution in [0.15, 0.2) is 38.6 Å². The fourth-order valence-corrected chi connectivity index (χ4v) is 4.30. The second kappa shape index (κ2) is 6.44. The van der Waals surface area contributed by atoms with Gasteiger partial charge in [0.25, 0.3) is 0 Å². The summed E-state index contributed by atoms with van der Waals surface area (Å²) in [4.78, 5) is 8.27. The summed E-state index contributed by atoms with van der Waals surface area (Å²) in [7, 11) is 0. The third kappa shape index (κ3) is 2.57. The average molecular weight is 344 g/mol. The van der Waals surface area contributed by atoms with Crippen molar-refractivity contribution in [3.05, 3.63) is 51.0 Å². The van der Waals surface area contributed by atoms with Gasteiger partial charge in [-0.05, 0) is 6.07 Å². The molecule has 0 fully saturated rings.